The van der Waals surface area contributed by atoms with Crippen molar-refractivity contribution in [2.45, 2.75) is 6.92 Å². The Labute approximate surface area is 151 Å². The Bertz CT molecular complexity index is 926. The molecule has 0 atom stereocenters. The van der Waals surface area contributed by atoms with Crippen LogP contribution in [0.15, 0.2) is 40.2 Å². The minimum absolute atomic E-state index is 0.238. The average molecular weight is 405 g/mol. The van der Waals surface area contributed by atoms with E-state index in [1.165, 1.54) is 0 Å². The number of anilines is 1. The Morgan fingerprint density at radius 3 is 2.57 bits per heavy atom. The number of benzene rings is 1. The first kappa shape index (κ1) is 16.0. The Hall–Kier alpha value is -1.87. The van der Waals surface area contributed by atoms with E-state index in [0.29, 0.717) is 10.6 Å². The number of pyridine rings is 1. The van der Waals surface area contributed by atoms with E-state index in [2.05, 4.69) is 27.0 Å². The first-order chi connectivity index (χ1) is 11.0. The highest BCUT2D eigenvalue weighted by molar-refractivity contribution is 9.10. The molecule has 0 saturated heterocycles. The van der Waals surface area contributed by atoms with Crippen LogP contribution < -0.4 is 5.73 Å². The molecule has 0 radical (unpaired) electrons. The molecule has 0 saturated carbocycles. The minimum Gasteiger partial charge on any atom is -0.383 e. The number of aromatic nitrogens is 1. The second kappa shape index (κ2) is 6.32. The van der Waals surface area contributed by atoms with Gasteiger partial charge in [0.15, 0.2) is 0 Å². The Morgan fingerprint density at radius 2 is 2.00 bits per heavy atom. The molecule has 0 aliphatic rings. The minimum atomic E-state index is 0.238. The molecule has 23 heavy (non-hydrogen) atoms. The molecule has 0 fully saturated rings. The highest BCUT2D eigenvalue weighted by Gasteiger charge is 2.19. The number of nitrogens with two attached hydrogens (primary N) is 1. The number of rotatable bonds is 2. The first-order valence-corrected chi connectivity index (χ1v) is 8.77. The summed E-state index contributed by atoms with van der Waals surface area (Å²) in [4.78, 5) is 5.42. The Morgan fingerprint density at radius 1 is 1.30 bits per heavy atom. The molecular weight excluding hydrogens is 394 g/mol. The zero-order valence-electron chi connectivity index (χ0n) is 12.1. The largest absolute Gasteiger partial charge is 0.383 e. The summed E-state index contributed by atoms with van der Waals surface area (Å²) in [5, 5.41) is 12.1. The van der Waals surface area contributed by atoms with Gasteiger partial charge in [0.05, 0.1) is 5.69 Å². The van der Waals surface area contributed by atoms with E-state index >= 15 is 0 Å². The Balaban J connectivity index is 2.30. The van der Waals surface area contributed by atoms with Gasteiger partial charge in [-0.2, -0.15) is 5.26 Å². The van der Waals surface area contributed by atoms with Crippen LogP contribution in [-0.2, 0) is 0 Å². The summed E-state index contributed by atoms with van der Waals surface area (Å²) in [5.41, 5.74) is 9.89. The zero-order chi connectivity index (χ0) is 16.6. The molecule has 3 aromatic rings. The van der Waals surface area contributed by atoms with E-state index < -0.39 is 0 Å². The maximum atomic E-state index is 9.50. The second-order valence-corrected chi connectivity index (χ2v) is 7.23. The van der Waals surface area contributed by atoms with Crippen molar-refractivity contribution in [1.29, 1.82) is 5.26 Å². The zero-order valence-corrected chi connectivity index (χ0v) is 15.3. The van der Waals surface area contributed by atoms with Crippen LogP contribution in [0.2, 0.25) is 5.02 Å². The molecule has 3 nitrogen and oxygen atoms in total. The van der Waals surface area contributed by atoms with Gasteiger partial charge in [-0.25, -0.2) is 4.98 Å². The molecule has 0 bridgehead atoms. The topological polar surface area (TPSA) is 62.7 Å². The summed E-state index contributed by atoms with van der Waals surface area (Å²) in [6.45, 7) is 1.96. The summed E-state index contributed by atoms with van der Waals surface area (Å²) < 4.78 is 0.976. The van der Waals surface area contributed by atoms with Crippen molar-refractivity contribution in [3.63, 3.8) is 0 Å². The SMILES string of the molecule is Cc1c(-c2ccc(Cl)cc2)nc(N)c(C#N)c1-c1cc(Br)cs1. The van der Waals surface area contributed by atoms with E-state index in [9.17, 15) is 5.26 Å². The van der Waals surface area contributed by atoms with Gasteiger partial charge < -0.3 is 5.73 Å². The van der Waals surface area contributed by atoms with E-state index in [0.717, 1.165) is 31.7 Å². The van der Waals surface area contributed by atoms with Gasteiger partial charge in [-0.1, -0.05) is 23.7 Å². The third-order valence-electron chi connectivity index (χ3n) is 3.51. The Kier molecular flexibility index (Phi) is 4.40. The molecule has 0 spiro atoms. The average Bonchev–Trinajstić information content (AvgIpc) is 2.95. The summed E-state index contributed by atoms with van der Waals surface area (Å²) >= 11 is 11.0. The molecule has 2 N–H and O–H groups in total. The number of nitriles is 1. The molecule has 1 aromatic carbocycles. The molecule has 3 rings (SSSR count). The van der Waals surface area contributed by atoms with Gasteiger partial charge in [0, 0.05) is 30.9 Å². The summed E-state index contributed by atoms with van der Waals surface area (Å²) in [6, 6.07) is 11.6. The van der Waals surface area contributed by atoms with Crippen molar-refractivity contribution in [1.82, 2.24) is 4.98 Å². The van der Waals surface area contributed by atoms with Gasteiger partial charge in [0.1, 0.15) is 17.5 Å². The number of nitrogens with zero attached hydrogens (tertiary/aromatic N) is 2. The van der Waals surface area contributed by atoms with Crippen molar-refractivity contribution in [2.24, 2.45) is 0 Å². The fourth-order valence-corrected chi connectivity index (χ4v) is 4.11. The molecule has 114 valence electrons. The van der Waals surface area contributed by atoms with Gasteiger partial charge in [0.25, 0.3) is 0 Å². The number of hydrogen-bond acceptors (Lipinski definition) is 4. The van der Waals surface area contributed by atoms with Crippen molar-refractivity contribution in [3.8, 4) is 27.8 Å². The molecule has 2 aromatic heterocycles. The van der Waals surface area contributed by atoms with E-state index in [-0.39, 0.29) is 5.82 Å². The molecule has 0 aliphatic carbocycles. The standard InChI is InChI=1S/C17H11BrClN3S/c1-9-15(14-6-11(18)8-23-14)13(7-20)17(21)22-16(9)10-2-4-12(19)5-3-10/h2-6,8H,1H3,(H2,21,22). The van der Waals surface area contributed by atoms with Crippen LogP contribution in [0.4, 0.5) is 5.82 Å². The normalized spacial score (nSPS) is 10.5. The van der Waals surface area contributed by atoms with E-state index in [4.69, 9.17) is 17.3 Å². The second-order valence-electron chi connectivity index (χ2n) is 4.97. The lowest BCUT2D eigenvalue weighted by atomic mass is 9.97. The summed E-state index contributed by atoms with van der Waals surface area (Å²) in [7, 11) is 0. The van der Waals surface area contributed by atoms with E-state index in [1.54, 1.807) is 11.3 Å². The van der Waals surface area contributed by atoms with Crippen molar-refractivity contribution < 1.29 is 0 Å². The van der Waals surface area contributed by atoms with Gasteiger partial charge >= 0.3 is 0 Å². The van der Waals surface area contributed by atoms with Crippen molar-refractivity contribution in [3.05, 3.63) is 56.3 Å². The molecule has 0 unspecified atom stereocenters. The maximum absolute atomic E-state index is 9.50. The third-order valence-corrected chi connectivity index (χ3v) is 5.47. The molecule has 2 heterocycles. The van der Waals surface area contributed by atoms with Crippen molar-refractivity contribution >= 4 is 44.7 Å². The lowest BCUT2D eigenvalue weighted by Gasteiger charge is -2.13. The van der Waals surface area contributed by atoms with Crippen LogP contribution in [0, 0.1) is 18.3 Å². The summed E-state index contributed by atoms with van der Waals surface area (Å²) in [6.07, 6.45) is 0. The number of nitrogen functional groups attached to an aromatic ring is 1. The predicted molar refractivity (Wildman–Crippen MR) is 99.6 cm³/mol. The van der Waals surface area contributed by atoms with Crippen molar-refractivity contribution in [2.75, 3.05) is 5.73 Å². The van der Waals surface area contributed by atoms with Crippen LogP contribution in [0.25, 0.3) is 21.7 Å². The predicted octanol–water partition coefficient (Wildman–Crippen LogP) is 5.66. The first-order valence-electron chi connectivity index (χ1n) is 6.71. The third kappa shape index (κ3) is 2.98. The van der Waals surface area contributed by atoms with Gasteiger partial charge in [0.2, 0.25) is 0 Å². The highest BCUT2D eigenvalue weighted by atomic mass is 79.9. The lowest BCUT2D eigenvalue weighted by molar-refractivity contribution is 1.26. The quantitative estimate of drug-likeness (QED) is 0.600. The number of thiophene rings is 1. The maximum Gasteiger partial charge on any atom is 0.142 e. The molecule has 6 heteroatoms. The smallest absolute Gasteiger partial charge is 0.142 e. The lowest BCUT2D eigenvalue weighted by Crippen LogP contribution is -2.02. The van der Waals surface area contributed by atoms with Gasteiger partial charge in [-0.05, 0) is 46.6 Å². The van der Waals surface area contributed by atoms with Gasteiger partial charge in [-0.15, -0.1) is 11.3 Å². The van der Waals surface area contributed by atoms with Crippen LogP contribution in [0.5, 0.6) is 0 Å². The molecular formula is C17H11BrClN3S. The number of hydrogen-bond donors (Lipinski definition) is 1. The van der Waals surface area contributed by atoms with Crippen LogP contribution in [-0.4, -0.2) is 4.98 Å². The molecule has 0 amide bonds. The van der Waals surface area contributed by atoms with Crippen LogP contribution in [0.1, 0.15) is 11.1 Å². The number of halogens is 2. The fourth-order valence-electron chi connectivity index (χ4n) is 2.45. The van der Waals surface area contributed by atoms with E-state index in [1.807, 2.05) is 42.6 Å². The monoisotopic (exact) mass is 403 g/mol. The van der Waals surface area contributed by atoms with Crippen LogP contribution >= 0.6 is 38.9 Å². The van der Waals surface area contributed by atoms with Gasteiger partial charge in [-0.3, -0.25) is 0 Å². The highest BCUT2D eigenvalue weighted by Crippen LogP contribution is 2.39. The summed E-state index contributed by atoms with van der Waals surface area (Å²) in [5.74, 6) is 0.238. The van der Waals surface area contributed by atoms with Crippen LogP contribution in [0.3, 0.4) is 0 Å². The molecule has 0 aliphatic heterocycles. The fraction of sp³-hybridized carbons (Fsp3) is 0.0588.